The number of rotatable bonds is 3. The SMILES string of the molecule is CN(C(=O)C1CCCC1)c1ccccc1C(=O)O. The molecule has 0 atom stereocenters. The normalized spacial score (nSPS) is 15.6. The number of carbonyl (C=O) groups excluding carboxylic acids is 1. The molecule has 0 saturated heterocycles. The number of benzene rings is 1. The lowest BCUT2D eigenvalue weighted by Gasteiger charge is -2.22. The first kappa shape index (κ1) is 12.6. The van der Waals surface area contributed by atoms with Crippen LogP contribution in [0.5, 0.6) is 0 Å². The summed E-state index contributed by atoms with van der Waals surface area (Å²) in [4.78, 5) is 24.9. The van der Waals surface area contributed by atoms with Crippen LogP contribution in [0.4, 0.5) is 5.69 Å². The number of para-hydroxylation sites is 1. The van der Waals surface area contributed by atoms with E-state index in [0.29, 0.717) is 5.69 Å². The minimum atomic E-state index is -1.00. The Balaban J connectivity index is 2.25. The van der Waals surface area contributed by atoms with Crippen molar-refractivity contribution < 1.29 is 14.7 Å². The highest BCUT2D eigenvalue weighted by molar-refractivity contribution is 6.02. The smallest absolute Gasteiger partial charge is 0.337 e. The van der Waals surface area contributed by atoms with Gasteiger partial charge in [0.2, 0.25) is 5.91 Å². The zero-order valence-corrected chi connectivity index (χ0v) is 10.4. The third-order valence-corrected chi connectivity index (χ3v) is 3.53. The second kappa shape index (κ2) is 5.21. The van der Waals surface area contributed by atoms with Gasteiger partial charge in [0.1, 0.15) is 0 Å². The quantitative estimate of drug-likeness (QED) is 0.893. The lowest BCUT2D eigenvalue weighted by Crippen LogP contribution is -2.32. The highest BCUT2D eigenvalue weighted by Gasteiger charge is 2.27. The van der Waals surface area contributed by atoms with Crippen LogP contribution < -0.4 is 4.90 Å². The van der Waals surface area contributed by atoms with Crippen LogP contribution in [-0.2, 0) is 4.79 Å². The molecule has 1 aliphatic rings. The number of carboxylic acid groups (broad SMARTS) is 1. The van der Waals surface area contributed by atoms with Crippen molar-refractivity contribution in [2.75, 3.05) is 11.9 Å². The van der Waals surface area contributed by atoms with Crippen LogP contribution in [0.25, 0.3) is 0 Å². The number of hydrogen-bond acceptors (Lipinski definition) is 2. The molecule has 96 valence electrons. The fourth-order valence-corrected chi connectivity index (χ4v) is 2.51. The lowest BCUT2D eigenvalue weighted by atomic mass is 10.1. The Morgan fingerprint density at radius 2 is 1.83 bits per heavy atom. The first-order valence-corrected chi connectivity index (χ1v) is 6.21. The van der Waals surface area contributed by atoms with Crippen molar-refractivity contribution in [3.05, 3.63) is 29.8 Å². The fourth-order valence-electron chi connectivity index (χ4n) is 2.51. The summed E-state index contributed by atoms with van der Waals surface area (Å²) in [6, 6.07) is 6.62. The Bertz CT molecular complexity index is 464. The second-order valence-electron chi connectivity index (χ2n) is 4.70. The van der Waals surface area contributed by atoms with Gasteiger partial charge in [-0.05, 0) is 25.0 Å². The summed E-state index contributed by atoms with van der Waals surface area (Å²) in [6.07, 6.45) is 4.01. The van der Waals surface area contributed by atoms with Crippen LogP contribution in [0.1, 0.15) is 36.0 Å². The maximum Gasteiger partial charge on any atom is 0.337 e. The lowest BCUT2D eigenvalue weighted by molar-refractivity contribution is -0.121. The van der Waals surface area contributed by atoms with Gasteiger partial charge in [0.15, 0.2) is 0 Å². The summed E-state index contributed by atoms with van der Waals surface area (Å²) in [5.74, 6) is -0.922. The standard InChI is InChI=1S/C14H17NO3/c1-15(13(16)10-6-2-3-7-10)12-9-5-4-8-11(12)14(17)18/h4-5,8-10H,2-3,6-7H2,1H3,(H,17,18). The molecule has 0 aromatic heterocycles. The maximum absolute atomic E-state index is 12.3. The average molecular weight is 247 g/mol. The van der Waals surface area contributed by atoms with E-state index in [1.54, 1.807) is 25.2 Å². The van der Waals surface area contributed by atoms with Crippen LogP contribution in [-0.4, -0.2) is 24.0 Å². The van der Waals surface area contributed by atoms with E-state index in [9.17, 15) is 9.59 Å². The first-order valence-electron chi connectivity index (χ1n) is 6.21. The molecular formula is C14H17NO3. The molecule has 0 aliphatic heterocycles. The van der Waals surface area contributed by atoms with Gasteiger partial charge in [-0.15, -0.1) is 0 Å². The highest BCUT2D eigenvalue weighted by Crippen LogP contribution is 2.29. The third-order valence-electron chi connectivity index (χ3n) is 3.53. The summed E-state index contributed by atoms with van der Waals surface area (Å²) < 4.78 is 0. The molecule has 1 amide bonds. The minimum Gasteiger partial charge on any atom is -0.478 e. The van der Waals surface area contributed by atoms with Crippen LogP contribution in [0.15, 0.2) is 24.3 Å². The molecule has 0 unspecified atom stereocenters. The van der Waals surface area contributed by atoms with Crippen LogP contribution in [0.3, 0.4) is 0 Å². The number of aromatic carboxylic acids is 1. The van der Waals surface area contributed by atoms with E-state index in [1.165, 1.54) is 11.0 Å². The van der Waals surface area contributed by atoms with Crippen molar-refractivity contribution in [1.82, 2.24) is 0 Å². The predicted octanol–water partition coefficient (Wildman–Crippen LogP) is 2.54. The molecule has 2 rings (SSSR count). The molecule has 1 aromatic carbocycles. The molecule has 1 saturated carbocycles. The van der Waals surface area contributed by atoms with Gasteiger partial charge < -0.3 is 10.0 Å². The molecule has 1 fully saturated rings. The fraction of sp³-hybridized carbons (Fsp3) is 0.429. The number of amides is 1. The average Bonchev–Trinajstić information content (AvgIpc) is 2.90. The van der Waals surface area contributed by atoms with Gasteiger partial charge in [0.05, 0.1) is 11.3 Å². The number of hydrogen-bond donors (Lipinski definition) is 1. The van der Waals surface area contributed by atoms with Crippen molar-refractivity contribution in [1.29, 1.82) is 0 Å². The van der Waals surface area contributed by atoms with E-state index < -0.39 is 5.97 Å². The molecule has 1 aliphatic carbocycles. The molecule has 0 bridgehead atoms. The molecule has 0 heterocycles. The third kappa shape index (κ3) is 2.37. The summed E-state index contributed by atoms with van der Waals surface area (Å²) >= 11 is 0. The number of nitrogens with zero attached hydrogens (tertiary/aromatic N) is 1. The zero-order valence-electron chi connectivity index (χ0n) is 10.4. The van der Waals surface area contributed by atoms with Crippen LogP contribution in [0.2, 0.25) is 0 Å². The van der Waals surface area contributed by atoms with Gasteiger partial charge in [-0.25, -0.2) is 4.79 Å². The van der Waals surface area contributed by atoms with Crippen LogP contribution in [0, 0.1) is 5.92 Å². The van der Waals surface area contributed by atoms with Gasteiger partial charge in [0.25, 0.3) is 0 Å². The Kier molecular flexibility index (Phi) is 3.65. The van der Waals surface area contributed by atoms with Gasteiger partial charge >= 0.3 is 5.97 Å². The van der Waals surface area contributed by atoms with E-state index in [2.05, 4.69) is 0 Å². The van der Waals surface area contributed by atoms with E-state index in [1.807, 2.05) is 0 Å². The molecule has 4 nitrogen and oxygen atoms in total. The number of carbonyl (C=O) groups is 2. The van der Waals surface area contributed by atoms with E-state index >= 15 is 0 Å². The summed E-state index contributed by atoms with van der Waals surface area (Å²) in [5.41, 5.74) is 0.647. The Labute approximate surface area is 106 Å². The molecule has 0 spiro atoms. The molecule has 4 heteroatoms. The van der Waals surface area contributed by atoms with Crippen LogP contribution >= 0.6 is 0 Å². The van der Waals surface area contributed by atoms with Gasteiger partial charge in [-0.1, -0.05) is 25.0 Å². The second-order valence-corrected chi connectivity index (χ2v) is 4.70. The van der Waals surface area contributed by atoms with E-state index in [4.69, 9.17) is 5.11 Å². The first-order chi connectivity index (χ1) is 8.61. The zero-order chi connectivity index (χ0) is 13.1. The molecule has 1 aromatic rings. The largest absolute Gasteiger partial charge is 0.478 e. The Morgan fingerprint density at radius 3 is 2.44 bits per heavy atom. The number of carboxylic acids is 1. The summed E-state index contributed by atoms with van der Waals surface area (Å²) in [7, 11) is 1.66. The Hall–Kier alpha value is -1.84. The molecular weight excluding hydrogens is 230 g/mol. The Morgan fingerprint density at radius 1 is 1.22 bits per heavy atom. The monoisotopic (exact) mass is 247 g/mol. The molecule has 0 radical (unpaired) electrons. The van der Waals surface area contributed by atoms with Crippen molar-refractivity contribution >= 4 is 17.6 Å². The molecule has 1 N–H and O–H groups in total. The summed E-state index contributed by atoms with van der Waals surface area (Å²) in [5, 5.41) is 9.12. The molecule has 18 heavy (non-hydrogen) atoms. The maximum atomic E-state index is 12.3. The summed E-state index contributed by atoms with van der Waals surface area (Å²) in [6.45, 7) is 0. The topological polar surface area (TPSA) is 57.6 Å². The number of anilines is 1. The highest BCUT2D eigenvalue weighted by atomic mass is 16.4. The van der Waals surface area contributed by atoms with Crippen molar-refractivity contribution in [3.8, 4) is 0 Å². The van der Waals surface area contributed by atoms with E-state index in [0.717, 1.165) is 25.7 Å². The van der Waals surface area contributed by atoms with Gasteiger partial charge in [0, 0.05) is 13.0 Å². The predicted molar refractivity (Wildman–Crippen MR) is 68.8 cm³/mol. The van der Waals surface area contributed by atoms with Crippen molar-refractivity contribution in [3.63, 3.8) is 0 Å². The van der Waals surface area contributed by atoms with E-state index in [-0.39, 0.29) is 17.4 Å². The minimum absolute atomic E-state index is 0.0289. The van der Waals surface area contributed by atoms with Crippen molar-refractivity contribution in [2.45, 2.75) is 25.7 Å². The van der Waals surface area contributed by atoms with Crippen molar-refractivity contribution in [2.24, 2.45) is 5.92 Å². The van der Waals surface area contributed by atoms with Gasteiger partial charge in [-0.2, -0.15) is 0 Å². The van der Waals surface area contributed by atoms with Gasteiger partial charge in [-0.3, -0.25) is 4.79 Å².